The van der Waals surface area contributed by atoms with Crippen LogP contribution in [0.2, 0.25) is 0 Å². The first kappa shape index (κ1) is 26.7. The minimum atomic E-state index is -4.47. The van der Waals surface area contributed by atoms with E-state index >= 15 is 0 Å². The Hall–Kier alpha value is -1.92. The Morgan fingerprint density at radius 3 is 2.38 bits per heavy atom. The Labute approximate surface area is 195 Å². The van der Waals surface area contributed by atoms with E-state index in [1.807, 2.05) is 0 Å². The van der Waals surface area contributed by atoms with Crippen LogP contribution in [-0.2, 0) is 13.8 Å². The van der Waals surface area contributed by atoms with Crippen molar-refractivity contribution in [3.05, 3.63) is 38.2 Å². The molecule has 3 rings (SSSR count). The fourth-order valence-electron chi connectivity index (χ4n) is 3.80. The van der Waals surface area contributed by atoms with Gasteiger partial charge in [-0.2, -0.15) is 4.98 Å². The highest BCUT2D eigenvalue weighted by atomic mass is 31.2. The fraction of sp³-hybridized carbons (Fsp3) is 0.667. The summed E-state index contributed by atoms with van der Waals surface area (Å²) in [5.74, 6) is 0. The van der Waals surface area contributed by atoms with Crippen LogP contribution in [-0.4, -0.2) is 64.0 Å². The summed E-state index contributed by atoms with van der Waals surface area (Å²) in [7, 11) is -4.47. The molecule has 5 N–H and O–H groups in total. The van der Waals surface area contributed by atoms with Gasteiger partial charge in [0.05, 0.1) is 11.7 Å². The zero-order valence-corrected chi connectivity index (χ0v) is 20.9. The largest absolute Gasteiger partial charge is 0.388 e. The van der Waals surface area contributed by atoms with Crippen LogP contribution in [0.3, 0.4) is 0 Å². The van der Waals surface area contributed by atoms with Gasteiger partial charge < -0.3 is 34.5 Å². The van der Waals surface area contributed by atoms with Crippen LogP contribution < -0.4 is 11.2 Å². The lowest BCUT2D eigenvalue weighted by molar-refractivity contribution is -0.0707. The van der Waals surface area contributed by atoms with Crippen molar-refractivity contribution in [2.75, 3.05) is 0 Å². The van der Waals surface area contributed by atoms with E-state index in [0.717, 1.165) is 18.4 Å². The summed E-state index contributed by atoms with van der Waals surface area (Å²) in [6.45, 7) is 8.86. The number of aromatic nitrogens is 3. The molecule has 0 spiro atoms. The molecule has 1 aliphatic heterocycles. The number of hydrogen-bond donors (Lipinski definition) is 5. The van der Waals surface area contributed by atoms with Crippen molar-refractivity contribution in [1.29, 1.82) is 0 Å². The normalized spacial score (nSPS) is 27.0. The molecule has 1 saturated heterocycles. The van der Waals surface area contributed by atoms with Gasteiger partial charge in [-0.25, -0.2) is 4.79 Å². The molecule has 2 aromatic rings. The minimum Gasteiger partial charge on any atom is -0.388 e. The number of rotatable bonds is 7. The molecule has 0 aromatic carbocycles. The van der Waals surface area contributed by atoms with E-state index in [0.29, 0.717) is 16.5 Å². The van der Waals surface area contributed by atoms with Crippen molar-refractivity contribution in [3.63, 3.8) is 0 Å². The molecular weight excluding hydrogens is 469 g/mol. The number of aryl methyl sites for hydroxylation is 1. The number of H-pyrrole nitrogens is 1. The van der Waals surface area contributed by atoms with Gasteiger partial charge in [0.1, 0.15) is 17.9 Å². The summed E-state index contributed by atoms with van der Waals surface area (Å²) in [5, 5.41) is 29.8. The second kappa shape index (κ2) is 8.94. The average molecular weight is 501 g/mol. The maximum Gasteiger partial charge on any atom is 0.359 e. The molecular formula is C21H32N3O9P. The van der Waals surface area contributed by atoms with E-state index in [1.165, 1.54) is 13.1 Å². The standard InChI is InChI=1S/C21H32N3O9P/c1-7-21(6,33-34(30,31)20(4,5)29)8-13-14(25)15(26)18(32-13)24-9-12-10(2)11(3)17(27)22-16(12)23-19(24)28/h9,13-15,18,25-26,29H,7-8H2,1-6H3,(H,30,31)(H,22,23,27,28)/t13-,14?,15?,18-,21?/m1/s1. The van der Waals surface area contributed by atoms with Crippen molar-refractivity contribution >= 4 is 18.6 Å². The van der Waals surface area contributed by atoms with Crippen LogP contribution in [0.15, 0.2) is 15.8 Å². The zero-order chi connectivity index (χ0) is 25.8. The number of nitrogens with zero attached hydrogens (tertiary/aromatic N) is 2. The summed E-state index contributed by atoms with van der Waals surface area (Å²) in [5.41, 5.74) is -1.34. The molecule has 0 bridgehead atoms. The topological polar surface area (TPSA) is 184 Å². The molecule has 1 fully saturated rings. The first-order valence-electron chi connectivity index (χ1n) is 10.9. The summed E-state index contributed by atoms with van der Waals surface area (Å²) in [4.78, 5) is 41.3. The molecule has 0 radical (unpaired) electrons. The Morgan fingerprint density at radius 2 is 1.82 bits per heavy atom. The predicted octanol–water partition coefficient (Wildman–Crippen LogP) is 0.810. The third kappa shape index (κ3) is 4.76. The number of pyridine rings is 1. The molecule has 6 atom stereocenters. The van der Waals surface area contributed by atoms with Crippen molar-refractivity contribution in [3.8, 4) is 0 Å². The van der Waals surface area contributed by atoms with Crippen LogP contribution in [0, 0.1) is 13.8 Å². The molecule has 13 heteroatoms. The van der Waals surface area contributed by atoms with E-state index < -0.39 is 48.8 Å². The molecule has 1 aliphatic rings. The van der Waals surface area contributed by atoms with Gasteiger partial charge in [-0.3, -0.25) is 13.9 Å². The molecule has 4 unspecified atom stereocenters. The van der Waals surface area contributed by atoms with Crippen LogP contribution in [0.4, 0.5) is 0 Å². The Morgan fingerprint density at radius 1 is 1.21 bits per heavy atom. The first-order valence-corrected chi connectivity index (χ1v) is 12.5. The third-order valence-corrected chi connectivity index (χ3v) is 8.59. The molecule has 0 amide bonds. The molecule has 3 heterocycles. The maximum atomic E-state index is 12.7. The van der Waals surface area contributed by atoms with E-state index in [-0.39, 0.29) is 24.0 Å². The van der Waals surface area contributed by atoms with Gasteiger partial charge in [0.2, 0.25) is 0 Å². The second-order valence-electron chi connectivity index (χ2n) is 9.56. The SMILES string of the molecule is CCC(C)(C[C@H]1O[C@@H](n2cc3c(C)c(C)c(=O)[nH]c3nc2=O)C(O)C1O)OP(=O)(O)C(C)(C)O. The van der Waals surface area contributed by atoms with E-state index in [4.69, 9.17) is 9.26 Å². The van der Waals surface area contributed by atoms with Crippen molar-refractivity contribution in [2.45, 2.75) is 89.9 Å². The van der Waals surface area contributed by atoms with Gasteiger partial charge in [0, 0.05) is 23.6 Å². The van der Waals surface area contributed by atoms with Gasteiger partial charge >= 0.3 is 13.3 Å². The van der Waals surface area contributed by atoms with Crippen LogP contribution in [0.1, 0.15) is 57.9 Å². The quantitative estimate of drug-likeness (QED) is 0.340. The molecule has 0 aliphatic carbocycles. The summed E-state index contributed by atoms with van der Waals surface area (Å²) in [6.07, 6.45) is -3.80. The highest BCUT2D eigenvalue weighted by Crippen LogP contribution is 2.57. The Bertz CT molecular complexity index is 1250. The Balaban J connectivity index is 1.94. The van der Waals surface area contributed by atoms with E-state index in [1.54, 1.807) is 20.8 Å². The van der Waals surface area contributed by atoms with Crippen molar-refractivity contribution in [1.82, 2.24) is 14.5 Å². The van der Waals surface area contributed by atoms with Gasteiger partial charge in [-0.1, -0.05) is 6.92 Å². The van der Waals surface area contributed by atoms with Crippen LogP contribution in [0.25, 0.3) is 11.0 Å². The van der Waals surface area contributed by atoms with Gasteiger partial charge in [0.15, 0.2) is 11.6 Å². The molecule has 190 valence electrons. The molecule has 12 nitrogen and oxygen atoms in total. The lowest BCUT2D eigenvalue weighted by Crippen LogP contribution is -2.40. The molecule has 34 heavy (non-hydrogen) atoms. The predicted molar refractivity (Wildman–Crippen MR) is 123 cm³/mol. The monoisotopic (exact) mass is 501 g/mol. The molecule has 0 saturated carbocycles. The minimum absolute atomic E-state index is 0.0937. The second-order valence-corrected chi connectivity index (χ2v) is 11.9. The first-order chi connectivity index (χ1) is 15.5. The third-order valence-electron chi connectivity index (χ3n) is 6.52. The highest BCUT2D eigenvalue weighted by molar-refractivity contribution is 7.54. The van der Waals surface area contributed by atoms with Crippen LogP contribution in [0.5, 0.6) is 0 Å². The number of aliphatic hydroxyl groups excluding tert-OH is 2. The summed E-state index contributed by atoms with van der Waals surface area (Å²) in [6, 6.07) is 0. The molecule has 2 aromatic heterocycles. The van der Waals surface area contributed by atoms with Gasteiger partial charge in [-0.05, 0) is 46.6 Å². The maximum absolute atomic E-state index is 12.7. The number of nitrogens with one attached hydrogen (secondary N) is 1. The smallest absolute Gasteiger partial charge is 0.359 e. The lowest BCUT2D eigenvalue weighted by atomic mass is 9.93. The van der Waals surface area contributed by atoms with Crippen molar-refractivity contribution in [2.24, 2.45) is 0 Å². The number of aromatic amines is 1. The van der Waals surface area contributed by atoms with E-state index in [2.05, 4.69) is 9.97 Å². The summed E-state index contributed by atoms with van der Waals surface area (Å²) >= 11 is 0. The number of fused-ring (bicyclic) bond motifs is 1. The number of hydrogen-bond acceptors (Lipinski definition) is 9. The lowest BCUT2D eigenvalue weighted by Gasteiger charge is -2.36. The fourth-order valence-corrected chi connectivity index (χ4v) is 4.83. The number of aliphatic hydroxyl groups is 3. The van der Waals surface area contributed by atoms with Gasteiger partial charge in [0.25, 0.3) is 5.56 Å². The van der Waals surface area contributed by atoms with Crippen molar-refractivity contribution < 1.29 is 34.0 Å². The summed E-state index contributed by atoms with van der Waals surface area (Å²) < 4.78 is 24.8. The average Bonchev–Trinajstić information content (AvgIpc) is 2.98. The van der Waals surface area contributed by atoms with Gasteiger partial charge in [-0.15, -0.1) is 0 Å². The van der Waals surface area contributed by atoms with Crippen LogP contribution >= 0.6 is 7.60 Å². The van der Waals surface area contributed by atoms with E-state index in [9.17, 15) is 34.4 Å². The zero-order valence-electron chi connectivity index (χ0n) is 20.0. The highest BCUT2D eigenvalue weighted by Gasteiger charge is 2.50. The Kier molecular flexibility index (Phi) is 7.02. The number of ether oxygens (including phenoxy) is 1.